The molecule has 0 aliphatic rings. The van der Waals surface area contributed by atoms with Crippen LogP contribution in [-0.2, 0) is 11.2 Å². The maximum Gasteiger partial charge on any atom is 0.135 e. The molecule has 82 valence electrons. The van der Waals surface area contributed by atoms with E-state index in [4.69, 9.17) is 11.6 Å². The van der Waals surface area contributed by atoms with Crippen molar-refractivity contribution in [3.63, 3.8) is 0 Å². The van der Waals surface area contributed by atoms with Crippen molar-refractivity contribution in [2.45, 2.75) is 13.3 Å². The Morgan fingerprint density at radius 3 is 2.88 bits per heavy atom. The van der Waals surface area contributed by atoms with Crippen LogP contribution in [0.3, 0.4) is 0 Å². The predicted molar refractivity (Wildman–Crippen MR) is 60.8 cm³/mol. The minimum atomic E-state index is 0.0654. The van der Waals surface area contributed by atoms with Gasteiger partial charge in [-0.25, -0.2) is 4.68 Å². The first-order valence-corrected chi connectivity index (χ1v) is 5.20. The number of aromatic nitrogens is 3. The first-order valence-electron chi connectivity index (χ1n) is 4.82. The Bertz CT molecular complexity index is 521. The Morgan fingerprint density at radius 1 is 1.44 bits per heavy atom. The monoisotopic (exact) mass is 235 g/mol. The fourth-order valence-electron chi connectivity index (χ4n) is 1.46. The van der Waals surface area contributed by atoms with Gasteiger partial charge in [-0.3, -0.25) is 4.79 Å². The van der Waals surface area contributed by atoms with Crippen LogP contribution in [-0.4, -0.2) is 20.8 Å². The van der Waals surface area contributed by atoms with Crippen LogP contribution in [0.5, 0.6) is 0 Å². The molecule has 4 nitrogen and oxygen atoms in total. The number of rotatable bonds is 3. The summed E-state index contributed by atoms with van der Waals surface area (Å²) in [4.78, 5) is 11.1. The van der Waals surface area contributed by atoms with Crippen molar-refractivity contribution in [1.82, 2.24) is 15.0 Å². The lowest BCUT2D eigenvalue weighted by molar-refractivity contribution is -0.116. The first kappa shape index (κ1) is 10.8. The van der Waals surface area contributed by atoms with Crippen LogP contribution in [0.2, 0.25) is 5.02 Å². The van der Waals surface area contributed by atoms with E-state index in [-0.39, 0.29) is 5.78 Å². The third kappa shape index (κ3) is 2.12. The van der Waals surface area contributed by atoms with E-state index in [2.05, 4.69) is 10.3 Å². The van der Waals surface area contributed by atoms with Crippen molar-refractivity contribution in [3.05, 3.63) is 41.2 Å². The molecular formula is C11H10ClN3O. The van der Waals surface area contributed by atoms with E-state index in [1.165, 1.54) is 6.92 Å². The fourth-order valence-corrected chi connectivity index (χ4v) is 1.67. The lowest BCUT2D eigenvalue weighted by atomic mass is 10.2. The highest BCUT2D eigenvalue weighted by atomic mass is 35.5. The molecule has 0 spiro atoms. The molecule has 2 rings (SSSR count). The summed E-state index contributed by atoms with van der Waals surface area (Å²) >= 11 is 6.05. The van der Waals surface area contributed by atoms with Crippen molar-refractivity contribution in [1.29, 1.82) is 0 Å². The van der Waals surface area contributed by atoms with Crippen LogP contribution in [0.1, 0.15) is 12.6 Å². The van der Waals surface area contributed by atoms with Gasteiger partial charge in [0.25, 0.3) is 0 Å². The number of Topliss-reactive ketones (excluding diaryl/α,β-unsaturated/α-hetero) is 1. The lowest BCUT2D eigenvalue weighted by Crippen LogP contribution is -2.06. The summed E-state index contributed by atoms with van der Waals surface area (Å²) in [7, 11) is 0. The summed E-state index contributed by atoms with van der Waals surface area (Å²) in [6, 6.07) is 7.31. The van der Waals surface area contributed by atoms with Crippen LogP contribution < -0.4 is 0 Å². The molecule has 1 aromatic carbocycles. The summed E-state index contributed by atoms with van der Waals surface area (Å²) in [6.45, 7) is 1.53. The summed E-state index contributed by atoms with van der Waals surface area (Å²) in [5.41, 5.74) is 1.47. The van der Waals surface area contributed by atoms with Gasteiger partial charge in [-0.05, 0) is 19.1 Å². The lowest BCUT2D eigenvalue weighted by Gasteiger charge is -2.06. The van der Waals surface area contributed by atoms with Gasteiger partial charge >= 0.3 is 0 Å². The fraction of sp³-hybridized carbons (Fsp3) is 0.182. The van der Waals surface area contributed by atoms with Crippen LogP contribution in [0.25, 0.3) is 5.69 Å². The molecule has 5 heteroatoms. The second kappa shape index (κ2) is 4.45. The van der Waals surface area contributed by atoms with Gasteiger partial charge < -0.3 is 0 Å². The molecule has 0 atom stereocenters. The molecule has 0 unspecified atom stereocenters. The highest BCUT2D eigenvalue weighted by Crippen LogP contribution is 2.20. The Kier molecular flexibility index (Phi) is 3.01. The van der Waals surface area contributed by atoms with Gasteiger partial charge in [0, 0.05) is 0 Å². The molecule has 0 aliphatic heterocycles. The van der Waals surface area contributed by atoms with Crippen molar-refractivity contribution in [2.75, 3.05) is 0 Å². The quantitative estimate of drug-likeness (QED) is 0.818. The zero-order valence-electron chi connectivity index (χ0n) is 8.72. The average molecular weight is 236 g/mol. The second-order valence-electron chi connectivity index (χ2n) is 3.47. The highest BCUT2D eigenvalue weighted by Gasteiger charge is 2.10. The molecule has 1 aromatic heterocycles. The van der Waals surface area contributed by atoms with Gasteiger partial charge in [-0.2, -0.15) is 0 Å². The Labute approximate surface area is 97.8 Å². The van der Waals surface area contributed by atoms with E-state index in [1.54, 1.807) is 16.9 Å². The van der Waals surface area contributed by atoms with E-state index in [1.807, 2.05) is 18.2 Å². The first-order chi connectivity index (χ1) is 7.68. The Hall–Kier alpha value is -1.68. The number of carbonyl (C=O) groups is 1. The van der Waals surface area contributed by atoms with Crippen LogP contribution >= 0.6 is 11.6 Å². The van der Waals surface area contributed by atoms with Crippen LogP contribution in [0.4, 0.5) is 0 Å². The van der Waals surface area contributed by atoms with Gasteiger partial charge in [0.1, 0.15) is 5.78 Å². The number of hydrogen-bond donors (Lipinski definition) is 0. The van der Waals surface area contributed by atoms with Crippen LogP contribution in [0, 0.1) is 0 Å². The minimum absolute atomic E-state index is 0.0654. The number of ketones is 1. The van der Waals surface area contributed by atoms with Crippen molar-refractivity contribution < 1.29 is 4.79 Å². The zero-order valence-corrected chi connectivity index (χ0v) is 9.48. The van der Waals surface area contributed by atoms with E-state index < -0.39 is 0 Å². The van der Waals surface area contributed by atoms with Crippen LogP contribution in [0.15, 0.2) is 30.5 Å². The molecular weight excluding hydrogens is 226 g/mol. The van der Waals surface area contributed by atoms with E-state index in [9.17, 15) is 4.79 Å². The topological polar surface area (TPSA) is 47.8 Å². The van der Waals surface area contributed by atoms with Gasteiger partial charge in [0.05, 0.1) is 29.0 Å². The second-order valence-corrected chi connectivity index (χ2v) is 3.87. The normalized spacial score (nSPS) is 10.4. The molecule has 0 aliphatic carbocycles. The number of nitrogens with zero attached hydrogens (tertiary/aromatic N) is 3. The number of para-hydroxylation sites is 1. The largest absolute Gasteiger partial charge is 0.300 e. The molecule has 0 bridgehead atoms. The number of hydrogen-bond acceptors (Lipinski definition) is 3. The molecule has 1 heterocycles. The maximum absolute atomic E-state index is 11.1. The summed E-state index contributed by atoms with van der Waals surface area (Å²) < 4.78 is 1.59. The maximum atomic E-state index is 11.1. The van der Waals surface area contributed by atoms with Gasteiger partial charge in [-0.1, -0.05) is 28.9 Å². The van der Waals surface area contributed by atoms with E-state index >= 15 is 0 Å². The molecule has 0 radical (unpaired) electrons. The molecule has 2 aromatic rings. The SMILES string of the molecule is CC(=O)Cc1cnnn1-c1ccccc1Cl. The Balaban J connectivity index is 2.45. The summed E-state index contributed by atoms with van der Waals surface area (Å²) in [5.74, 6) is 0.0654. The smallest absolute Gasteiger partial charge is 0.135 e. The molecule has 0 amide bonds. The van der Waals surface area contributed by atoms with Gasteiger partial charge in [0.15, 0.2) is 0 Å². The van der Waals surface area contributed by atoms with Crippen molar-refractivity contribution in [2.24, 2.45) is 0 Å². The highest BCUT2D eigenvalue weighted by molar-refractivity contribution is 6.32. The Morgan fingerprint density at radius 2 is 2.19 bits per heavy atom. The van der Waals surface area contributed by atoms with Crippen molar-refractivity contribution in [3.8, 4) is 5.69 Å². The molecule has 0 N–H and O–H groups in total. The third-order valence-electron chi connectivity index (χ3n) is 2.13. The number of carbonyl (C=O) groups excluding carboxylic acids is 1. The average Bonchev–Trinajstić information content (AvgIpc) is 2.66. The summed E-state index contributed by atoms with van der Waals surface area (Å²) in [6.07, 6.45) is 1.88. The molecule has 0 saturated heterocycles. The summed E-state index contributed by atoms with van der Waals surface area (Å²) in [5, 5.41) is 8.31. The van der Waals surface area contributed by atoms with Crippen molar-refractivity contribution >= 4 is 17.4 Å². The van der Waals surface area contributed by atoms with E-state index in [0.717, 1.165) is 11.4 Å². The molecule has 16 heavy (non-hydrogen) atoms. The molecule has 0 saturated carbocycles. The number of benzene rings is 1. The third-order valence-corrected chi connectivity index (χ3v) is 2.45. The van der Waals surface area contributed by atoms with E-state index in [0.29, 0.717) is 11.4 Å². The zero-order chi connectivity index (χ0) is 11.5. The standard InChI is InChI=1S/C11H10ClN3O/c1-8(16)6-9-7-13-14-15(9)11-5-3-2-4-10(11)12/h2-5,7H,6H2,1H3. The van der Waals surface area contributed by atoms with Gasteiger partial charge in [-0.15, -0.1) is 5.10 Å². The minimum Gasteiger partial charge on any atom is -0.300 e. The molecule has 0 fully saturated rings. The number of halogens is 1. The predicted octanol–water partition coefficient (Wildman–Crippen LogP) is 2.05. The van der Waals surface area contributed by atoms with Gasteiger partial charge in [0.2, 0.25) is 0 Å².